The number of benzene rings is 1. The van der Waals surface area contributed by atoms with Crippen LogP contribution in [0.2, 0.25) is 0 Å². The second kappa shape index (κ2) is 5.51. The molecule has 0 bridgehead atoms. The highest BCUT2D eigenvalue weighted by Gasteiger charge is 2.23. The lowest BCUT2D eigenvalue weighted by molar-refractivity contribution is 0.214. The van der Waals surface area contributed by atoms with E-state index in [0.717, 1.165) is 24.2 Å². The first kappa shape index (κ1) is 12.9. The SMILES string of the molecule is COc1cnccc1C(O)c1ccc(OC2CC2)cc1. The Kier molecular flexibility index (Phi) is 3.56. The number of nitrogens with zero attached hydrogens (tertiary/aromatic N) is 1. The van der Waals surface area contributed by atoms with Crippen molar-refractivity contribution in [3.05, 3.63) is 53.9 Å². The van der Waals surface area contributed by atoms with Crippen molar-refractivity contribution in [1.29, 1.82) is 0 Å². The second-order valence-electron chi connectivity index (χ2n) is 4.91. The van der Waals surface area contributed by atoms with Gasteiger partial charge < -0.3 is 14.6 Å². The molecule has 1 aliphatic carbocycles. The van der Waals surface area contributed by atoms with E-state index in [1.807, 2.05) is 24.3 Å². The summed E-state index contributed by atoms with van der Waals surface area (Å²) in [5.41, 5.74) is 1.51. The normalized spacial score (nSPS) is 15.7. The van der Waals surface area contributed by atoms with Gasteiger partial charge in [-0.05, 0) is 36.6 Å². The summed E-state index contributed by atoms with van der Waals surface area (Å²) in [7, 11) is 1.57. The molecule has 1 fully saturated rings. The minimum Gasteiger partial charge on any atom is -0.495 e. The van der Waals surface area contributed by atoms with Gasteiger partial charge in [-0.3, -0.25) is 4.98 Å². The van der Waals surface area contributed by atoms with Gasteiger partial charge >= 0.3 is 0 Å². The van der Waals surface area contributed by atoms with Gasteiger partial charge in [-0.25, -0.2) is 0 Å². The molecule has 0 radical (unpaired) electrons. The number of ether oxygens (including phenoxy) is 2. The van der Waals surface area contributed by atoms with Crippen molar-refractivity contribution in [3.8, 4) is 11.5 Å². The maximum atomic E-state index is 10.4. The van der Waals surface area contributed by atoms with Gasteiger partial charge in [0, 0.05) is 11.8 Å². The first-order valence-electron chi connectivity index (χ1n) is 6.70. The highest BCUT2D eigenvalue weighted by molar-refractivity contribution is 5.39. The largest absolute Gasteiger partial charge is 0.495 e. The standard InChI is InChI=1S/C16H17NO3/c1-19-15-10-17-9-8-14(15)16(18)11-2-4-12(5-3-11)20-13-6-7-13/h2-5,8-10,13,16,18H,6-7H2,1H3. The highest BCUT2D eigenvalue weighted by Crippen LogP contribution is 2.31. The van der Waals surface area contributed by atoms with Gasteiger partial charge in [-0.2, -0.15) is 0 Å². The van der Waals surface area contributed by atoms with E-state index < -0.39 is 6.10 Å². The molecular weight excluding hydrogens is 254 g/mol. The molecule has 1 N–H and O–H groups in total. The van der Waals surface area contributed by atoms with Gasteiger partial charge in [0.05, 0.1) is 19.4 Å². The fourth-order valence-electron chi connectivity index (χ4n) is 2.07. The van der Waals surface area contributed by atoms with Crippen LogP contribution in [-0.2, 0) is 0 Å². The van der Waals surface area contributed by atoms with Crippen molar-refractivity contribution in [3.63, 3.8) is 0 Å². The molecular formula is C16H17NO3. The maximum absolute atomic E-state index is 10.4. The van der Waals surface area contributed by atoms with Crippen LogP contribution in [0.1, 0.15) is 30.1 Å². The molecule has 0 spiro atoms. The molecule has 1 atom stereocenters. The summed E-state index contributed by atoms with van der Waals surface area (Å²) in [6.07, 6.45) is 5.17. The molecule has 104 valence electrons. The van der Waals surface area contributed by atoms with E-state index in [1.54, 1.807) is 25.6 Å². The van der Waals surface area contributed by atoms with Gasteiger partial charge in [-0.1, -0.05) is 12.1 Å². The Morgan fingerprint density at radius 3 is 2.60 bits per heavy atom. The van der Waals surface area contributed by atoms with Crippen LogP contribution >= 0.6 is 0 Å². The minimum absolute atomic E-state index is 0.381. The third-order valence-electron chi connectivity index (χ3n) is 3.35. The topological polar surface area (TPSA) is 51.6 Å². The predicted octanol–water partition coefficient (Wildman–Crippen LogP) is 2.71. The van der Waals surface area contributed by atoms with Crippen molar-refractivity contribution in [1.82, 2.24) is 4.98 Å². The average molecular weight is 271 g/mol. The Morgan fingerprint density at radius 1 is 1.20 bits per heavy atom. The van der Waals surface area contributed by atoms with Crippen LogP contribution in [0.3, 0.4) is 0 Å². The smallest absolute Gasteiger partial charge is 0.143 e. The lowest BCUT2D eigenvalue weighted by atomic mass is 10.0. The number of aliphatic hydroxyl groups is 1. The zero-order chi connectivity index (χ0) is 13.9. The van der Waals surface area contributed by atoms with Gasteiger partial charge in [-0.15, -0.1) is 0 Å². The first-order chi connectivity index (χ1) is 9.78. The molecule has 0 amide bonds. The van der Waals surface area contributed by atoms with Gasteiger partial charge in [0.2, 0.25) is 0 Å². The van der Waals surface area contributed by atoms with Crippen molar-refractivity contribution < 1.29 is 14.6 Å². The quantitative estimate of drug-likeness (QED) is 0.908. The molecule has 4 nitrogen and oxygen atoms in total. The van der Waals surface area contributed by atoms with Crippen LogP contribution in [0.5, 0.6) is 11.5 Å². The molecule has 3 rings (SSSR count). The van der Waals surface area contributed by atoms with E-state index in [9.17, 15) is 5.11 Å². The molecule has 1 aromatic heterocycles. The van der Waals surface area contributed by atoms with E-state index in [-0.39, 0.29) is 0 Å². The Balaban J connectivity index is 1.80. The number of rotatable bonds is 5. The van der Waals surface area contributed by atoms with Crippen LogP contribution in [0.15, 0.2) is 42.7 Å². The molecule has 0 aliphatic heterocycles. The van der Waals surface area contributed by atoms with Gasteiger partial charge in [0.15, 0.2) is 0 Å². The van der Waals surface area contributed by atoms with Crippen LogP contribution < -0.4 is 9.47 Å². The average Bonchev–Trinajstić information content (AvgIpc) is 3.31. The Bertz CT molecular complexity index is 579. The van der Waals surface area contributed by atoms with E-state index >= 15 is 0 Å². The Morgan fingerprint density at radius 2 is 1.95 bits per heavy atom. The Labute approximate surface area is 118 Å². The maximum Gasteiger partial charge on any atom is 0.143 e. The molecule has 2 aromatic rings. The Hall–Kier alpha value is -2.07. The van der Waals surface area contributed by atoms with Crippen LogP contribution in [0.25, 0.3) is 0 Å². The van der Waals surface area contributed by atoms with E-state index in [0.29, 0.717) is 17.4 Å². The molecule has 1 aromatic carbocycles. The molecule has 1 saturated carbocycles. The minimum atomic E-state index is -0.733. The summed E-state index contributed by atoms with van der Waals surface area (Å²) in [5.74, 6) is 1.43. The summed E-state index contributed by atoms with van der Waals surface area (Å²) in [5, 5.41) is 10.4. The molecule has 1 unspecified atom stereocenters. The molecule has 1 heterocycles. The molecule has 0 saturated heterocycles. The summed E-state index contributed by atoms with van der Waals surface area (Å²) in [6, 6.07) is 9.30. The van der Waals surface area contributed by atoms with Crippen LogP contribution in [-0.4, -0.2) is 23.3 Å². The van der Waals surface area contributed by atoms with Crippen LogP contribution in [0, 0.1) is 0 Å². The van der Waals surface area contributed by atoms with E-state index in [2.05, 4.69) is 4.98 Å². The number of hydrogen-bond donors (Lipinski definition) is 1. The highest BCUT2D eigenvalue weighted by atomic mass is 16.5. The molecule has 4 heteroatoms. The fraction of sp³-hybridized carbons (Fsp3) is 0.312. The van der Waals surface area contributed by atoms with Crippen molar-refractivity contribution in [2.24, 2.45) is 0 Å². The number of aromatic nitrogens is 1. The van der Waals surface area contributed by atoms with E-state index in [1.165, 1.54) is 0 Å². The van der Waals surface area contributed by atoms with Crippen LogP contribution in [0.4, 0.5) is 0 Å². The monoisotopic (exact) mass is 271 g/mol. The fourth-order valence-corrected chi connectivity index (χ4v) is 2.07. The molecule has 20 heavy (non-hydrogen) atoms. The zero-order valence-electron chi connectivity index (χ0n) is 11.3. The number of methoxy groups -OCH3 is 1. The summed E-state index contributed by atoms with van der Waals surface area (Å²) in [6.45, 7) is 0. The van der Waals surface area contributed by atoms with E-state index in [4.69, 9.17) is 9.47 Å². The first-order valence-corrected chi connectivity index (χ1v) is 6.70. The predicted molar refractivity (Wildman–Crippen MR) is 74.9 cm³/mol. The molecule has 1 aliphatic rings. The summed E-state index contributed by atoms with van der Waals surface area (Å²) in [4.78, 5) is 3.99. The third-order valence-corrected chi connectivity index (χ3v) is 3.35. The third kappa shape index (κ3) is 2.75. The van der Waals surface area contributed by atoms with Crippen molar-refractivity contribution in [2.45, 2.75) is 25.0 Å². The zero-order valence-corrected chi connectivity index (χ0v) is 11.3. The van der Waals surface area contributed by atoms with Crippen molar-refractivity contribution >= 4 is 0 Å². The summed E-state index contributed by atoms with van der Waals surface area (Å²) < 4.78 is 10.9. The lowest BCUT2D eigenvalue weighted by Crippen LogP contribution is -2.03. The second-order valence-corrected chi connectivity index (χ2v) is 4.91. The number of hydrogen-bond acceptors (Lipinski definition) is 4. The summed E-state index contributed by atoms with van der Waals surface area (Å²) >= 11 is 0. The number of aliphatic hydroxyl groups excluding tert-OH is 1. The lowest BCUT2D eigenvalue weighted by Gasteiger charge is -2.15. The van der Waals surface area contributed by atoms with Gasteiger partial charge in [0.25, 0.3) is 0 Å². The number of pyridine rings is 1. The van der Waals surface area contributed by atoms with Gasteiger partial charge in [0.1, 0.15) is 17.6 Å². The van der Waals surface area contributed by atoms with Crippen molar-refractivity contribution in [2.75, 3.05) is 7.11 Å².